The molecule has 0 radical (unpaired) electrons. The molecule has 7 nitrogen and oxygen atoms in total. The number of aromatic nitrogens is 1. The maximum Gasteiger partial charge on any atom is 0.242 e. The lowest BCUT2D eigenvalue weighted by atomic mass is 10.2. The third kappa shape index (κ3) is 5.93. The highest BCUT2D eigenvalue weighted by molar-refractivity contribution is 8.00. The van der Waals surface area contributed by atoms with Crippen molar-refractivity contribution in [2.75, 3.05) is 30.8 Å². The van der Waals surface area contributed by atoms with Gasteiger partial charge in [-0.05, 0) is 51.1 Å². The molecule has 2 amide bonds. The molecule has 1 aliphatic heterocycles. The van der Waals surface area contributed by atoms with E-state index in [9.17, 15) is 9.59 Å². The van der Waals surface area contributed by atoms with Crippen molar-refractivity contribution in [1.82, 2.24) is 9.47 Å². The van der Waals surface area contributed by atoms with E-state index in [0.717, 1.165) is 27.2 Å². The van der Waals surface area contributed by atoms with Gasteiger partial charge in [-0.15, -0.1) is 11.8 Å². The number of ether oxygens (including phenoxy) is 2. The number of nitrogens with zero attached hydrogens (tertiary/aromatic N) is 2. The van der Waals surface area contributed by atoms with Crippen LogP contribution in [0.15, 0.2) is 59.6 Å². The molecule has 0 saturated carbocycles. The van der Waals surface area contributed by atoms with E-state index in [1.165, 1.54) is 11.8 Å². The summed E-state index contributed by atoms with van der Waals surface area (Å²) in [7, 11) is 0. The number of thioether (sulfide) groups is 1. The predicted molar refractivity (Wildman–Crippen MR) is 135 cm³/mol. The number of hydrogen-bond donors (Lipinski definition) is 1. The highest BCUT2D eigenvalue weighted by Gasteiger charge is 2.26. The fourth-order valence-electron chi connectivity index (χ4n) is 4.23. The second kappa shape index (κ2) is 11.0. The van der Waals surface area contributed by atoms with Gasteiger partial charge in [0.2, 0.25) is 11.8 Å². The zero-order valence-corrected chi connectivity index (χ0v) is 20.6. The lowest BCUT2D eigenvalue weighted by molar-refractivity contribution is -0.143. The van der Waals surface area contributed by atoms with Gasteiger partial charge in [0.1, 0.15) is 12.3 Å². The number of amides is 2. The first-order chi connectivity index (χ1) is 16.4. The Morgan fingerprint density at radius 3 is 2.50 bits per heavy atom. The van der Waals surface area contributed by atoms with Crippen LogP contribution in [0.25, 0.3) is 10.9 Å². The molecule has 1 aromatic heterocycles. The van der Waals surface area contributed by atoms with Crippen LogP contribution in [0, 0.1) is 0 Å². The third-order valence-electron chi connectivity index (χ3n) is 5.64. The summed E-state index contributed by atoms with van der Waals surface area (Å²) < 4.78 is 13.2. The first kappa shape index (κ1) is 24.2. The van der Waals surface area contributed by atoms with Crippen molar-refractivity contribution in [1.29, 1.82) is 0 Å². The van der Waals surface area contributed by atoms with Gasteiger partial charge in [0, 0.05) is 40.8 Å². The molecule has 1 N–H and O–H groups in total. The molecule has 8 heteroatoms. The zero-order valence-electron chi connectivity index (χ0n) is 19.8. The Labute approximate surface area is 204 Å². The summed E-state index contributed by atoms with van der Waals surface area (Å²) in [6, 6.07) is 15.3. The number of para-hydroxylation sites is 1. The Morgan fingerprint density at radius 2 is 1.79 bits per heavy atom. The molecule has 2 aromatic carbocycles. The van der Waals surface area contributed by atoms with Crippen molar-refractivity contribution < 1.29 is 19.1 Å². The molecule has 1 saturated heterocycles. The van der Waals surface area contributed by atoms with Crippen LogP contribution >= 0.6 is 11.8 Å². The summed E-state index contributed by atoms with van der Waals surface area (Å²) in [5, 5.41) is 3.96. The Kier molecular flexibility index (Phi) is 7.80. The monoisotopic (exact) mass is 481 g/mol. The van der Waals surface area contributed by atoms with Crippen molar-refractivity contribution in [3.05, 3.63) is 54.7 Å². The Bertz CT molecular complexity index is 1130. The maximum absolute atomic E-state index is 13.0. The number of carbonyl (C=O) groups is 2. The Hall–Kier alpha value is -2.97. The van der Waals surface area contributed by atoms with Crippen LogP contribution in [0.2, 0.25) is 0 Å². The van der Waals surface area contributed by atoms with Crippen molar-refractivity contribution in [3.8, 4) is 5.75 Å². The number of rotatable bonds is 8. The van der Waals surface area contributed by atoms with Gasteiger partial charge in [-0.25, -0.2) is 0 Å². The molecule has 2 heterocycles. The summed E-state index contributed by atoms with van der Waals surface area (Å²) in [5.74, 6) is 1.04. The van der Waals surface area contributed by atoms with E-state index in [4.69, 9.17) is 9.47 Å². The molecule has 0 aliphatic carbocycles. The lowest BCUT2D eigenvalue weighted by Gasteiger charge is -2.35. The van der Waals surface area contributed by atoms with Crippen LogP contribution in [0.1, 0.15) is 20.8 Å². The number of nitrogens with one attached hydrogen (secondary N) is 1. The molecule has 0 spiro atoms. The van der Waals surface area contributed by atoms with E-state index in [1.807, 2.05) is 85.0 Å². The highest BCUT2D eigenvalue weighted by Crippen LogP contribution is 2.30. The molecule has 1 fully saturated rings. The van der Waals surface area contributed by atoms with E-state index >= 15 is 0 Å². The zero-order chi connectivity index (χ0) is 24.1. The minimum Gasteiger partial charge on any atom is -0.494 e. The van der Waals surface area contributed by atoms with Gasteiger partial charge in [0.05, 0.1) is 24.6 Å². The molecule has 3 aromatic rings. The summed E-state index contributed by atoms with van der Waals surface area (Å²) >= 11 is 1.47. The topological polar surface area (TPSA) is 72.8 Å². The number of fused-ring (bicyclic) bond motifs is 1. The van der Waals surface area contributed by atoms with Crippen molar-refractivity contribution in [2.45, 2.75) is 44.4 Å². The summed E-state index contributed by atoms with van der Waals surface area (Å²) in [4.78, 5) is 28.4. The smallest absolute Gasteiger partial charge is 0.242 e. The Morgan fingerprint density at radius 1 is 1.09 bits per heavy atom. The SMILES string of the molecule is CCOc1ccc(NC(=O)CSc2cn(CC(=O)N3CC(C)OC(C)C3)c3ccccc23)cc1. The van der Waals surface area contributed by atoms with Crippen LogP contribution in [0.4, 0.5) is 5.69 Å². The van der Waals surface area contributed by atoms with Crippen molar-refractivity contribution in [2.24, 2.45) is 0 Å². The van der Waals surface area contributed by atoms with Crippen molar-refractivity contribution in [3.63, 3.8) is 0 Å². The molecule has 1 aliphatic rings. The van der Waals surface area contributed by atoms with Gasteiger partial charge < -0.3 is 24.3 Å². The average Bonchev–Trinajstić information content (AvgIpc) is 3.16. The van der Waals surface area contributed by atoms with E-state index < -0.39 is 0 Å². The first-order valence-corrected chi connectivity index (χ1v) is 12.6. The number of anilines is 1. The second-order valence-electron chi connectivity index (χ2n) is 8.49. The molecule has 2 unspecified atom stereocenters. The van der Waals surface area contributed by atoms with Crippen LogP contribution in [-0.4, -0.2) is 58.9 Å². The first-order valence-electron chi connectivity index (χ1n) is 11.6. The van der Waals surface area contributed by atoms with Gasteiger partial charge in [0.25, 0.3) is 0 Å². The van der Waals surface area contributed by atoms with E-state index in [2.05, 4.69) is 5.32 Å². The fourth-order valence-corrected chi connectivity index (χ4v) is 5.12. The van der Waals surface area contributed by atoms with Crippen LogP contribution < -0.4 is 10.1 Å². The minimum absolute atomic E-state index is 0.0362. The minimum atomic E-state index is -0.0849. The third-order valence-corrected chi connectivity index (χ3v) is 6.68. The average molecular weight is 482 g/mol. The molecule has 180 valence electrons. The van der Waals surface area contributed by atoms with Crippen molar-refractivity contribution >= 4 is 40.2 Å². The number of carbonyl (C=O) groups excluding carboxylic acids is 2. The van der Waals surface area contributed by atoms with Gasteiger partial charge in [-0.3, -0.25) is 9.59 Å². The molecular weight excluding hydrogens is 450 g/mol. The van der Waals surface area contributed by atoms with E-state index in [0.29, 0.717) is 19.7 Å². The predicted octanol–water partition coefficient (Wildman–Crippen LogP) is 4.41. The highest BCUT2D eigenvalue weighted by atomic mass is 32.2. The summed E-state index contributed by atoms with van der Waals surface area (Å²) in [5.41, 5.74) is 1.72. The molecule has 2 atom stereocenters. The normalized spacial score (nSPS) is 18.1. The largest absolute Gasteiger partial charge is 0.494 e. The van der Waals surface area contributed by atoms with E-state index in [-0.39, 0.29) is 36.3 Å². The van der Waals surface area contributed by atoms with Gasteiger partial charge in [-0.1, -0.05) is 18.2 Å². The van der Waals surface area contributed by atoms with Gasteiger partial charge in [-0.2, -0.15) is 0 Å². The summed E-state index contributed by atoms with van der Waals surface area (Å²) in [6.07, 6.45) is 2.05. The second-order valence-corrected chi connectivity index (χ2v) is 9.51. The molecule has 34 heavy (non-hydrogen) atoms. The fraction of sp³-hybridized carbons (Fsp3) is 0.385. The lowest BCUT2D eigenvalue weighted by Crippen LogP contribution is -2.49. The maximum atomic E-state index is 13.0. The van der Waals surface area contributed by atoms with Crippen LogP contribution in [0.5, 0.6) is 5.75 Å². The number of benzene rings is 2. The Balaban J connectivity index is 1.41. The molecule has 0 bridgehead atoms. The standard InChI is InChI=1S/C26H31N3O4S/c1-4-32-21-11-9-20(10-12-21)27-25(30)17-34-24-15-28(23-8-6-5-7-22(23)24)16-26(31)29-13-18(2)33-19(3)14-29/h5-12,15,18-19H,4,13-14,16-17H2,1-3H3,(H,27,30). The van der Waals surface area contributed by atoms with Crippen LogP contribution in [0.3, 0.4) is 0 Å². The molecular formula is C26H31N3O4S. The summed E-state index contributed by atoms with van der Waals surface area (Å²) in [6.45, 7) is 8.00. The molecule has 4 rings (SSSR count). The van der Waals surface area contributed by atoms with E-state index in [1.54, 1.807) is 0 Å². The van der Waals surface area contributed by atoms with Gasteiger partial charge >= 0.3 is 0 Å². The number of hydrogen-bond acceptors (Lipinski definition) is 5. The van der Waals surface area contributed by atoms with Crippen LogP contribution in [-0.2, 0) is 20.9 Å². The number of morpholine rings is 1. The van der Waals surface area contributed by atoms with Gasteiger partial charge in [0.15, 0.2) is 0 Å². The quantitative estimate of drug-likeness (QED) is 0.483.